The molecule has 1 aliphatic heterocycles. The van der Waals surface area contributed by atoms with Crippen LogP contribution in [0.15, 0.2) is 6.33 Å². The predicted molar refractivity (Wildman–Crippen MR) is 72.7 cm³/mol. The number of imidazole rings is 1. The standard InChI is InChI=1S/C14H25N3O/c1-10(2)15-7-13-5-6-14(18-13)8-17-9-16-11(3)12(17)4/h9-10,13-15H,5-8H2,1-4H3. The number of rotatable bonds is 5. The molecule has 0 radical (unpaired) electrons. The molecule has 2 rings (SSSR count). The van der Waals surface area contributed by atoms with Crippen LogP contribution in [0.4, 0.5) is 0 Å². The Morgan fingerprint density at radius 2 is 2.11 bits per heavy atom. The van der Waals surface area contributed by atoms with Crippen molar-refractivity contribution in [2.45, 2.75) is 65.3 Å². The number of aryl methyl sites for hydroxylation is 1. The van der Waals surface area contributed by atoms with Crippen molar-refractivity contribution >= 4 is 0 Å². The summed E-state index contributed by atoms with van der Waals surface area (Å²) in [5.74, 6) is 0. The van der Waals surface area contributed by atoms with Crippen molar-refractivity contribution in [2.75, 3.05) is 6.54 Å². The van der Waals surface area contributed by atoms with Crippen LogP contribution in [0.3, 0.4) is 0 Å². The summed E-state index contributed by atoms with van der Waals surface area (Å²) in [6, 6.07) is 0.534. The van der Waals surface area contributed by atoms with Crippen LogP contribution in [0, 0.1) is 13.8 Å². The van der Waals surface area contributed by atoms with Gasteiger partial charge >= 0.3 is 0 Å². The van der Waals surface area contributed by atoms with Crippen LogP contribution in [-0.4, -0.2) is 34.3 Å². The first-order valence-electron chi connectivity index (χ1n) is 6.93. The number of nitrogens with zero attached hydrogens (tertiary/aromatic N) is 2. The zero-order chi connectivity index (χ0) is 13.1. The van der Waals surface area contributed by atoms with Gasteiger partial charge in [0.15, 0.2) is 0 Å². The fraction of sp³-hybridized carbons (Fsp3) is 0.786. The van der Waals surface area contributed by atoms with Gasteiger partial charge in [-0.15, -0.1) is 0 Å². The van der Waals surface area contributed by atoms with Crippen molar-refractivity contribution in [2.24, 2.45) is 0 Å². The molecule has 0 spiro atoms. The second-order valence-corrected chi connectivity index (χ2v) is 5.59. The minimum atomic E-state index is 0.344. The Balaban J connectivity index is 1.81. The van der Waals surface area contributed by atoms with Gasteiger partial charge in [0.2, 0.25) is 0 Å². The van der Waals surface area contributed by atoms with Crippen LogP contribution in [0.2, 0.25) is 0 Å². The van der Waals surface area contributed by atoms with Crippen molar-refractivity contribution < 1.29 is 4.74 Å². The Bertz CT molecular complexity index is 386. The van der Waals surface area contributed by atoms with E-state index in [-0.39, 0.29) is 0 Å². The number of ether oxygens (including phenoxy) is 1. The highest BCUT2D eigenvalue weighted by atomic mass is 16.5. The molecular weight excluding hydrogens is 226 g/mol. The lowest BCUT2D eigenvalue weighted by Crippen LogP contribution is -2.32. The van der Waals surface area contributed by atoms with Crippen molar-refractivity contribution in [3.63, 3.8) is 0 Å². The fourth-order valence-corrected chi connectivity index (χ4v) is 2.38. The van der Waals surface area contributed by atoms with Gasteiger partial charge in [-0.3, -0.25) is 0 Å². The lowest BCUT2D eigenvalue weighted by molar-refractivity contribution is 0.0349. The molecule has 0 aromatic carbocycles. The number of nitrogens with one attached hydrogen (secondary N) is 1. The van der Waals surface area contributed by atoms with Gasteiger partial charge in [-0.05, 0) is 26.7 Å². The Morgan fingerprint density at radius 3 is 2.72 bits per heavy atom. The molecule has 1 aliphatic rings. The van der Waals surface area contributed by atoms with E-state index in [4.69, 9.17) is 4.74 Å². The first kappa shape index (κ1) is 13.6. The van der Waals surface area contributed by atoms with Gasteiger partial charge in [0.05, 0.1) is 30.8 Å². The Labute approximate surface area is 110 Å². The molecule has 18 heavy (non-hydrogen) atoms. The lowest BCUT2D eigenvalue weighted by Gasteiger charge is -2.17. The molecule has 1 aromatic rings. The molecule has 0 bridgehead atoms. The SMILES string of the molecule is Cc1ncn(CC2CCC(CNC(C)C)O2)c1C. The van der Waals surface area contributed by atoms with Crippen LogP contribution >= 0.6 is 0 Å². The van der Waals surface area contributed by atoms with Crippen LogP contribution in [0.1, 0.15) is 38.1 Å². The third kappa shape index (κ3) is 3.33. The molecule has 2 atom stereocenters. The summed E-state index contributed by atoms with van der Waals surface area (Å²) in [7, 11) is 0. The zero-order valence-electron chi connectivity index (χ0n) is 11.9. The molecule has 0 amide bonds. The molecule has 1 aromatic heterocycles. The Kier molecular flexibility index (Phi) is 4.40. The molecular formula is C14H25N3O. The predicted octanol–water partition coefficient (Wildman–Crippen LogP) is 2.05. The summed E-state index contributed by atoms with van der Waals surface area (Å²) < 4.78 is 8.28. The summed E-state index contributed by atoms with van der Waals surface area (Å²) in [5.41, 5.74) is 2.37. The number of aromatic nitrogens is 2. The normalized spacial score (nSPS) is 24.1. The average molecular weight is 251 g/mol. The first-order valence-corrected chi connectivity index (χ1v) is 6.93. The largest absolute Gasteiger partial charge is 0.372 e. The van der Waals surface area contributed by atoms with E-state index in [1.165, 1.54) is 5.69 Å². The smallest absolute Gasteiger partial charge is 0.0952 e. The summed E-state index contributed by atoms with van der Waals surface area (Å²) in [6.45, 7) is 10.4. The fourth-order valence-electron chi connectivity index (χ4n) is 2.38. The van der Waals surface area contributed by atoms with E-state index in [2.05, 4.69) is 42.6 Å². The van der Waals surface area contributed by atoms with E-state index in [1.807, 2.05) is 6.33 Å². The average Bonchev–Trinajstić information content (AvgIpc) is 2.89. The first-order chi connectivity index (χ1) is 8.56. The highest BCUT2D eigenvalue weighted by molar-refractivity contribution is 5.08. The monoisotopic (exact) mass is 251 g/mol. The molecule has 1 N–H and O–H groups in total. The summed E-state index contributed by atoms with van der Waals surface area (Å²) >= 11 is 0. The quantitative estimate of drug-likeness (QED) is 0.870. The minimum absolute atomic E-state index is 0.344. The van der Waals surface area contributed by atoms with E-state index in [9.17, 15) is 0 Å². The second kappa shape index (κ2) is 5.85. The third-order valence-corrected chi connectivity index (χ3v) is 3.69. The van der Waals surface area contributed by atoms with Gasteiger partial charge in [-0.25, -0.2) is 4.98 Å². The van der Waals surface area contributed by atoms with Crippen LogP contribution in [0.25, 0.3) is 0 Å². The zero-order valence-corrected chi connectivity index (χ0v) is 11.9. The maximum Gasteiger partial charge on any atom is 0.0952 e. The third-order valence-electron chi connectivity index (χ3n) is 3.69. The van der Waals surface area contributed by atoms with Crippen molar-refractivity contribution in [3.05, 3.63) is 17.7 Å². The van der Waals surface area contributed by atoms with E-state index >= 15 is 0 Å². The van der Waals surface area contributed by atoms with Gasteiger partial charge < -0.3 is 14.6 Å². The van der Waals surface area contributed by atoms with Gasteiger partial charge in [0.1, 0.15) is 0 Å². The summed E-state index contributed by atoms with van der Waals surface area (Å²) in [4.78, 5) is 4.33. The highest BCUT2D eigenvalue weighted by Gasteiger charge is 2.25. The molecule has 0 saturated carbocycles. The van der Waals surface area contributed by atoms with Crippen LogP contribution in [0.5, 0.6) is 0 Å². The van der Waals surface area contributed by atoms with Gasteiger partial charge in [0, 0.05) is 18.3 Å². The maximum absolute atomic E-state index is 6.07. The molecule has 102 valence electrons. The van der Waals surface area contributed by atoms with Gasteiger partial charge in [-0.1, -0.05) is 13.8 Å². The molecule has 1 saturated heterocycles. The Hall–Kier alpha value is -0.870. The molecule has 0 aliphatic carbocycles. The van der Waals surface area contributed by atoms with Crippen molar-refractivity contribution in [3.8, 4) is 0 Å². The van der Waals surface area contributed by atoms with Gasteiger partial charge in [-0.2, -0.15) is 0 Å². The van der Waals surface area contributed by atoms with E-state index in [1.54, 1.807) is 0 Å². The maximum atomic E-state index is 6.07. The molecule has 4 nitrogen and oxygen atoms in total. The lowest BCUT2D eigenvalue weighted by atomic mass is 10.2. The van der Waals surface area contributed by atoms with Crippen LogP contribution < -0.4 is 5.32 Å². The summed E-state index contributed by atoms with van der Waals surface area (Å²) in [6.07, 6.45) is 4.96. The molecule has 2 unspecified atom stereocenters. The molecule has 2 heterocycles. The van der Waals surface area contributed by atoms with Crippen LogP contribution in [-0.2, 0) is 11.3 Å². The Morgan fingerprint density at radius 1 is 1.39 bits per heavy atom. The van der Waals surface area contributed by atoms with Gasteiger partial charge in [0.25, 0.3) is 0 Å². The second-order valence-electron chi connectivity index (χ2n) is 5.59. The minimum Gasteiger partial charge on any atom is -0.372 e. The van der Waals surface area contributed by atoms with Crippen molar-refractivity contribution in [1.29, 1.82) is 0 Å². The number of hydrogen-bond acceptors (Lipinski definition) is 3. The van der Waals surface area contributed by atoms with E-state index < -0.39 is 0 Å². The molecule has 1 fully saturated rings. The van der Waals surface area contributed by atoms with Crippen molar-refractivity contribution in [1.82, 2.24) is 14.9 Å². The topological polar surface area (TPSA) is 39.1 Å². The van der Waals surface area contributed by atoms with E-state index in [0.29, 0.717) is 18.2 Å². The summed E-state index contributed by atoms with van der Waals surface area (Å²) in [5, 5.41) is 3.44. The molecule has 4 heteroatoms. The highest BCUT2D eigenvalue weighted by Crippen LogP contribution is 2.21. The van der Waals surface area contributed by atoms with E-state index in [0.717, 1.165) is 31.6 Å². The number of hydrogen-bond donors (Lipinski definition) is 1.